The highest BCUT2D eigenvalue weighted by atomic mass is 16.5. The van der Waals surface area contributed by atoms with Crippen LogP contribution in [0.2, 0.25) is 0 Å². The molecule has 0 fully saturated rings. The summed E-state index contributed by atoms with van der Waals surface area (Å²) in [6.07, 6.45) is 1.57. The van der Waals surface area contributed by atoms with Crippen LogP contribution in [0.4, 0.5) is 0 Å². The number of hydrogen-bond acceptors (Lipinski definition) is 3. The van der Waals surface area contributed by atoms with Crippen molar-refractivity contribution in [3.63, 3.8) is 0 Å². The summed E-state index contributed by atoms with van der Waals surface area (Å²) in [5.41, 5.74) is 4.17. The second-order valence-electron chi connectivity index (χ2n) is 8.53. The molecule has 0 saturated carbocycles. The number of aryl methyl sites for hydroxylation is 1. The molecule has 178 valence electrons. The van der Waals surface area contributed by atoms with Gasteiger partial charge in [-0.25, -0.2) is 0 Å². The van der Waals surface area contributed by atoms with E-state index in [2.05, 4.69) is 5.32 Å². The summed E-state index contributed by atoms with van der Waals surface area (Å²) in [6.45, 7) is 4.79. The monoisotopic (exact) mass is 458 g/mol. The Kier molecular flexibility index (Phi) is 9.27. The van der Waals surface area contributed by atoms with Crippen molar-refractivity contribution in [2.75, 3.05) is 7.11 Å². The Hall–Kier alpha value is -3.60. The van der Waals surface area contributed by atoms with Crippen molar-refractivity contribution in [1.29, 1.82) is 0 Å². The summed E-state index contributed by atoms with van der Waals surface area (Å²) < 4.78 is 5.26. The summed E-state index contributed by atoms with van der Waals surface area (Å²) in [7, 11) is 1.63. The average Bonchev–Trinajstić information content (AvgIpc) is 2.86. The standard InChI is InChI=1S/C29H34N2O3/c1-4-8-28(32)31(21-25-15-17-26(34-3)18-16-25)27(19-23-9-6-5-7-10-23)29(33)30-20-24-13-11-22(2)12-14-24/h5-7,9-18,27H,4,8,19-21H2,1-3H3,(H,30,33)/t27-/m1/s1. The van der Waals surface area contributed by atoms with Crippen LogP contribution in [0.15, 0.2) is 78.9 Å². The Balaban J connectivity index is 1.86. The Morgan fingerprint density at radius 1 is 0.882 bits per heavy atom. The van der Waals surface area contributed by atoms with Gasteiger partial charge >= 0.3 is 0 Å². The topological polar surface area (TPSA) is 58.6 Å². The molecule has 0 saturated heterocycles. The van der Waals surface area contributed by atoms with Gasteiger partial charge in [0.2, 0.25) is 11.8 Å². The van der Waals surface area contributed by atoms with Gasteiger partial charge in [0.25, 0.3) is 0 Å². The Bertz CT molecular complexity index is 1050. The molecule has 3 rings (SSSR count). The van der Waals surface area contributed by atoms with Crippen LogP contribution in [0, 0.1) is 6.92 Å². The summed E-state index contributed by atoms with van der Waals surface area (Å²) in [4.78, 5) is 28.5. The normalized spacial score (nSPS) is 11.5. The van der Waals surface area contributed by atoms with Crippen LogP contribution in [0.1, 0.15) is 42.0 Å². The minimum Gasteiger partial charge on any atom is -0.497 e. The smallest absolute Gasteiger partial charge is 0.243 e. The van der Waals surface area contributed by atoms with E-state index in [0.29, 0.717) is 25.9 Å². The van der Waals surface area contributed by atoms with Gasteiger partial charge in [0.05, 0.1) is 7.11 Å². The molecule has 0 spiro atoms. The van der Waals surface area contributed by atoms with Gasteiger partial charge in [-0.05, 0) is 42.2 Å². The van der Waals surface area contributed by atoms with Crippen LogP contribution in [-0.2, 0) is 29.1 Å². The summed E-state index contributed by atoms with van der Waals surface area (Å²) >= 11 is 0. The first-order valence-electron chi connectivity index (χ1n) is 11.8. The third-order valence-electron chi connectivity index (χ3n) is 5.83. The number of hydrogen-bond donors (Lipinski definition) is 1. The number of nitrogens with zero attached hydrogens (tertiary/aromatic N) is 1. The van der Waals surface area contributed by atoms with Crippen LogP contribution in [-0.4, -0.2) is 29.9 Å². The van der Waals surface area contributed by atoms with Gasteiger partial charge in [0, 0.05) is 25.9 Å². The highest BCUT2D eigenvalue weighted by Gasteiger charge is 2.29. The summed E-state index contributed by atoms with van der Waals surface area (Å²) in [6, 6.07) is 25.0. The van der Waals surface area contributed by atoms with E-state index >= 15 is 0 Å². The zero-order valence-electron chi connectivity index (χ0n) is 20.3. The number of ether oxygens (including phenoxy) is 1. The maximum absolute atomic E-state index is 13.5. The van der Waals surface area contributed by atoms with Gasteiger partial charge < -0.3 is 15.0 Å². The van der Waals surface area contributed by atoms with E-state index in [-0.39, 0.29) is 11.8 Å². The van der Waals surface area contributed by atoms with Crippen molar-refractivity contribution < 1.29 is 14.3 Å². The van der Waals surface area contributed by atoms with E-state index in [4.69, 9.17) is 4.74 Å². The lowest BCUT2D eigenvalue weighted by Gasteiger charge is -2.31. The van der Waals surface area contributed by atoms with Crippen LogP contribution in [0.25, 0.3) is 0 Å². The van der Waals surface area contributed by atoms with Gasteiger partial charge in [-0.1, -0.05) is 79.2 Å². The molecule has 3 aromatic rings. The van der Waals surface area contributed by atoms with Crippen LogP contribution in [0.3, 0.4) is 0 Å². The van der Waals surface area contributed by atoms with Gasteiger partial charge in [0.15, 0.2) is 0 Å². The van der Waals surface area contributed by atoms with Gasteiger partial charge in [0.1, 0.15) is 11.8 Å². The number of carbonyl (C=O) groups excluding carboxylic acids is 2. The third-order valence-corrected chi connectivity index (χ3v) is 5.83. The maximum Gasteiger partial charge on any atom is 0.243 e. The van der Waals surface area contributed by atoms with Crippen LogP contribution >= 0.6 is 0 Å². The summed E-state index contributed by atoms with van der Waals surface area (Å²) in [5, 5.41) is 3.07. The number of methoxy groups -OCH3 is 1. The van der Waals surface area contributed by atoms with E-state index in [9.17, 15) is 9.59 Å². The lowest BCUT2D eigenvalue weighted by atomic mass is 10.0. The molecule has 0 aliphatic carbocycles. The van der Waals surface area contributed by atoms with E-state index in [1.807, 2.05) is 92.7 Å². The fourth-order valence-corrected chi connectivity index (χ4v) is 3.85. The largest absolute Gasteiger partial charge is 0.497 e. The Morgan fingerprint density at radius 2 is 1.53 bits per heavy atom. The molecule has 3 aromatic carbocycles. The molecule has 0 aromatic heterocycles. The van der Waals surface area contributed by atoms with Gasteiger partial charge in [-0.2, -0.15) is 0 Å². The highest BCUT2D eigenvalue weighted by Crippen LogP contribution is 2.18. The number of benzene rings is 3. The highest BCUT2D eigenvalue weighted by molar-refractivity contribution is 5.88. The second kappa shape index (κ2) is 12.6. The van der Waals surface area contributed by atoms with Crippen molar-refractivity contribution in [3.05, 3.63) is 101 Å². The molecular weight excluding hydrogens is 424 g/mol. The molecule has 2 amide bonds. The number of rotatable bonds is 11. The predicted molar refractivity (Wildman–Crippen MR) is 135 cm³/mol. The quantitative estimate of drug-likeness (QED) is 0.437. The van der Waals surface area contributed by atoms with Crippen molar-refractivity contribution in [3.8, 4) is 5.75 Å². The third kappa shape index (κ3) is 7.20. The van der Waals surface area contributed by atoms with Crippen LogP contribution in [0.5, 0.6) is 5.75 Å². The molecule has 1 atom stereocenters. The summed E-state index contributed by atoms with van der Waals surface area (Å²) in [5.74, 6) is 0.582. The number of amides is 2. The Labute approximate surface area is 202 Å². The molecule has 0 aliphatic heterocycles. The molecular formula is C29H34N2O3. The minimum absolute atomic E-state index is 0.0234. The van der Waals surface area contributed by atoms with Crippen molar-refractivity contribution in [1.82, 2.24) is 10.2 Å². The molecule has 0 aliphatic rings. The molecule has 5 nitrogen and oxygen atoms in total. The van der Waals surface area contributed by atoms with E-state index in [0.717, 1.165) is 28.9 Å². The molecule has 5 heteroatoms. The molecule has 0 radical (unpaired) electrons. The average molecular weight is 459 g/mol. The fourth-order valence-electron chi connectivity index (χ4n) is 3.85. The van der Waals surface area contributed by atoms with Crippen molar-refractivity contribution in [2.24, 2.45) is 0 Å². The molecule has 1 N–H and O–H groups in total. The molecule has 34 heavy (non-hydrogen) atoms. The van der Waals surface area contributed by atoms with E-state index in [1.165, 1.54) is 5.56 Å². The molecule has 0 heterocycles. The first-order chi connectivity index (χ1) is 16.5. The van der Waals surface area contributed by atoms with Crippen molar-refractivity contribution in [2.45, 2.75) is 52.2 Å². The van der Waals surface area contributed by atoms with Gasteiger partial charge in [-0.3, -0.25) is 9.59 Å². The van der Waals surface area contributed by atoms with E-state index in [1.54, 1.807) is 12.0 Å². The number of nitrogens with one attached hydrogen (secondary N) is 1. The Morgan fingerprint density at radius 3 is 2.15 bits per heavy atom. The fraction of sp³-hybridized carbons (Fsp3) is 0.310. The lowest BCUT2D eigenvalue weighted by Crippen LogP contribution is -2.50. The van der Waals surface area contributed by atoms with Gasteiger partial charge in [-0.15, -0.1) is 0 Å². The van der Waals surface area contributed by atoms with Crippen molar-refractivity contribution >= 4 is 11.8 Å². The SMILES string of the molecule is CCCC(=O)N(Cc1ccc(OC)cc1)[C@H](Cc1ccccc1)C(=O)NCc1ccc(C)cc1. The van der Waals surface area contributed by atoms with E-state index < -0.39 is 6.04 Å². The van der Waals surface area contributed by atoms with Crippen LogP contribution < -0.4 is 10.1 Å². The first kappa shape index (κ1) is 25.0. The minimum atomic E-state index is -0.617. The second-order valence-corrected chi connectivity index (χ2v) is 8.53. The first-order valence-corrected chi connectivity index (χ1v) is 11.8. The maximum atomic E-state index is 13.5. The number of carbonyl (C=O) groups is 2. The lowest BCUT2D eigenvalue weighted by molar-refractivity contribution is -0.141. The zero-order valence-corrected chi connectivity index (χ0v) is 20.3. The zero-order chi connectivity index (χ0) is 24.3. The predicted octanol–water partition coefficient (Wildman–Crippen LogP) is 5.06. The molecule has 0 unspecified atom stereocenters. The molecule has 0 bridgehead atoms.